The van der Waals surface area contributed by atoms with E-state index in [2.05, 4.69) is 10.5 Å². The third-order valence-corrected chi connectivity index (χ3v) is 4.30. The third kappa shape index (κ3) is 4.67. The van der Waals surface area contributed by atoms with E-state index in [-0.39, 0.29) is 18.8 Å². The van der Waals surface area contributed by atoms with Gasteiger partial charge in [0.25, 0.3) is 5.91 Å². The zero-order valence-corrected chi connectivity index (χ0v) is 15.8. The van der Waals surface area contributed by atoms with Gasteiger partial charge in [-0.3, -0.25) is 4.79 Å². The van der Waals surface area contributed by atoms with E-state index in [4.69, 9.17) is 18.1 Å². The van der Waals surface area contributed by atoms with Gasteiger partial charge in [0.2, 0.25) is 5.76 Å². The van der Waals surface area contributed by atoms with Gasteiger partial charge in [-0.25, -0.2) is 4.79 Å². The Morgan fingerprint density at radius 3 is 2.50 bits per heavy atom. The van der Waals surface area contributed by atoms with Crippen molar-refractivity contribution in [3.8, 4) is 11.5 Å². The van der Waals surface area contributed by atoms with Gasteiger partial charge in [-0.15, -0.1) is 0 Å². The number of esters is 1. The Morgan fingerprint density at radius 1 is 0.967 bits per heavy atom. The molecule has 0 radical (unpaired) electrons. The highest BCUT2D eigenvalue weighted by Crippen LogP contribution is 2.21. The van der Waals surface area contributed by atoms with Crippen molar-refractivity contribution in [3.63, 3.8) is 0 Å². The lowest BCUT2D eigenvalue weighted by molar-refractivity contribution is -0.147. The summed E-state index contributed by atoms with van der Waals surface area (Å²) in [5, 5.41) is 6.54. The Hall–Kier alpha value is -4.07. The van der Waals surface area contributed by atoms with Gasteiger partial charge in [-0.2, -0.15) is 0 Å². The van der Waals surface area contributed by atoms with Crippen LogP contribution < -0.4 is 5.32 Å². The van der Waals surface area contributed by atoms with Gasteiger partial charge in [-0.05, 0) is 29.8 Å². The van der Waals surface area contributed by atoms with Gasteiger partial charge in [0.1, 0.15) is 18.3 Å². The number of hydrogen-bond donors (Lipinski definition) is 1. The maximum Gasteiger partial charge on any atom is 0.329 e. The Balaban J connectivity index is 1.42. The number of benzene rings is 1. The average molecular weight is 406 g/mol. The molecule has 3 aromatic heterocycles. The molecule has 4 aromatic rings. The summed E-state index contributed by atoms with van der Waals surface area (Å²) in [6.45, 7) is -0.106. The minimum Gasteiger partial charge on any atom is -0.461 e. The van der Waals surface area contributed by atoms with E-state index in [9.17, 15) is 9.59 Å². The first-order valence-corrected chi connectivity index (χ1v) is 9.23. The molecular formula is C22H18N2O6. The first kappa shape index (κ1) is 19.3. The first-order chi connectivity index (χ1) is 14.7. The maximum atomic E-state index is 12.7. The molecule has 0 aliphatic rings. The molecule has 0 aliphatic carbocycles. The number of ether oxygens (including phenoxy) is 1. The molecule has 4 rings (SSSR count). The molecule has 0 saturated carbocycles. The summed E-state index contributed by atoms with van der Waals surface area (Å²) in [7, 11) is 0. The lowest BCUT2D eigenvalue weighted by atomic mass is 10.1. The van der Waals surface area contributed by atoms with Crippen LogP contribution in [0.1, 0.15) is 21.8 Å². The van der Waals surface area contributed by atoms with E-state index in [1.54, 1.807) is 24.3 Å². The lowest BCUT2D eigenvalue weighted by Gasteiger charge is -2.17. The van der Waals surface area contributed by atoms with Crippen molar-refractivity contribution in [2.24, 2.45) is 0 Å². The molecule has 8 heteroatoms. The molecule has 0 fully saturated rings. The number of amides is 1. The molecule has 1 amide bonds. The van der Waals surface area contributed by atoms with Crippen LogP contribution in [0.4, 0.5) is 0 Å². The standard InChI is InChI=1S/C22H18N2O6/c25-21(19-9-5-11-28-19)23-17(12-15-6-2-1-3-7-15)22(26)29-14-16-13-20(30-24-16)18-8-4-10-27-18/h1-11,13,17H,12,14H2,(H,23,25)/t17-/m0/s1. The quantitative estimate of drug-likeness (QED) is 0.445. The predicted molar refractivity (Wildman–Crippen MR) is 104 cm³/mol. The summed E-state index contributed by atoms with van der Waals surface area (Å²) in [6.07, 6.45) is 3.18. The largest absolute Gasteiger partial charge is 0.461 e. The molecule has 30 heavy (non-hydrogen) atoms. The molecule has 1 N–H and O–H groups in total. The molecule has 0 bridgehead atoms. The highest BCUT2D eigenvalue weighted by molar-refractivity contribution is 5.94. The second-order valence-corrected chi connectivity index (χ2v) is 6.46. The third-order valence-electron chi connectivity index (χ3n) is 4.30. The molecule has 0 aliphatic heterocycles. The number of nitrogens with one attached hydrogen (secondary N) is 1. The molecule has 3 heterocycles. The SMILES string of the molecule is O=C(N[C@@H](Cc1ccccc1)C(=O)OCc1cc(-c2ccco2)on1)c1ccco1. The van der Waals surface area contributed by atoms with E-state index in [0.29, 0.717) is 17.2 Å². The number of carbonyl (C=O) groups excluding carboxylic acids is 2. The summed E-state index contributed by atoms with van der Waals surface area (Å²) < 4.78 is 20.9. The summed E-state index contributed by atoms with van der Waals surface area (Å²) in [4.78, 5) is 25.1. The molecule has 0 saturated heterocycles. The Bertz CT molecular complexity index is 1080. The van der Waals surface area contributed by atoms with Crippen LogP contribution in [0.5, 0.6) is 0 Å². The molecule has 152 valence electrons. The zero-order valence-electron chi connectivity index (χ0n) is 15.8. The van der Waals surface area contributed by atoms with Crippen LogP contribution in [0.25, 0.3) is 11.5 Å². The number of rotatable bonds is 8. The van der Waals surface area contributed by atoms with Crippen molar-refractivity contribution < 1.29 is 27.7 Å². The van der Waals surface area contributed by atoms with E-state index in [0.717, 1.165) is 5.56 Å². The van der Waals surface area contributed by atoms with Crippen LogP contribution in [-0.2, 0) is 22.6 Å². The number of hydrogen-bond acceptors (Lipinski definition) is 7. The Morgan fingerprint density at radius 2 is 1.77 bits per heavy atom. The Labute approximate surface area is 171 Å². The maximum absolute atomic E-state index is 12.7. The monoisotopic (exact) mass is 406 g/mol. The van der Waals surface area contributed by atoms with Crippen LogP contribution in [0.3, 0.4) is 0 Å². The smallest absolute Gasteiger partial charge is 0.329 e. The van der Waals surface area contributed by atoms with Crippen LogP contribution in [0.2, 0.25) is 0 Å². The van der Waals surface area contributed by atoms with Crippen LogP contribution in [0.15, 0.2) is 86.5 Å². The van der Waals surface area contributed by atoms with Crippen LogP contribution in [0, 0.1) is 0 Å². The Kier molecular flexibility index (Phi) is 5.75. The van der Waals surface area contributed by atoms with E-state index < -0.39 is 17.9 Å². The summed E-state index contributed by atoms with van der Waals surface area (Å²) in [5.74, 6) is -0.0352. The van der Waals surface area contributed by atoms with Crippen LogP contribution >= 0.6 is 0 Å². The minimum absolute atomic E-state index is 0.106. The summed E-state index contributed by atoms with van der Waals surface area (Å²) >= 11 is 0. The normalized spacial score (nSPS) is 11.7. The topological polar surface area (TPSA) is 108 Å². The molecule has 0 unspecified atom stereocenters. The predicted octanol–water partition coefficient (Wildman–Crippen LogP) is 3.61. The second-order valence-electron chi connectivity index (χ2n) is 6.46. The molecule has 1 atom stereocenters. The molecule has 0 spiro atoms. The van der Waals surface area contributed by atoms with Crippen LogP contribution in [-0.4, -0.2) is 23.1 Å². The van der Waals surface area contributed by atoms with Crippen molar-refractivity contribution in [3.05, 3.63) is 90.2 Å². The van der Waals surface area contributed by atoms with Crippen molar-refractivity contribution in [2.45, 2.75) is 19.1 Å². The number of carbonyl (C=O) groups is 2. The highest BCUT2D eigenvalue weighted by Gasteiger charge is 2.25. The van der Waals surface area contributed by atoms with Crippen molar-refractivity contribution >= 4 is 11.9 Å². The van der Waals surface area contributed by atoms with E-state index >= 15 is 0 Å². The van der Waals surface area contributed by atoms with Crippen molar-refractivity contribution in [1.29, 1.82) is 0 Å². The van der Waals surface area contributed by atoms with Gasteiger partial charge < -0.3 is 23.4 Å². The number of furan rings is 2. The number of aromatic nitrogens is 1. The summed E-state index contributed by atoms with van der Waals surface area (Å²) in [5.41, 5.74) is 1.30. The highest BCUT2D eigenvalue weighted by atomic mass is 16.5. The van der Waals surface area contributed by atoms with Gasteiger partial charge in [-0.1, -0.05) is 35.5 Å². The molecular weight excluding hydrogens is 388 g/mol. The van der Waals surface area contributed by atoms with Gasteiger partial charge in [0.05, 0.1) is 12.5 Å². The first-order valence-electron chi connectivity index (χ1n) is 9.23. The summed E-state index contributed by atoms with van der Waals surface area (Å²) in [6, 6.07) is 16.6. The fourth-order valence-corrected chi connectivity index (χ4v) is 2.84. The van der Waals surface area contributed by atoms with Gasteiger partial charge >= 0.3 is 5.97 Å². The zero-order chi connectivity index (χ0) is 20.8. The van der Waals surface area contributed by atoms with Gasteiger partial charge in [0, 0.05) is 12.5 Å². The van der Waals surface area contributed by atoms with Gasteiger partial charge in [0.15, 0.2) is 11.5 Å². The average Bonchev–Trinajstić information content (AvgIpc) is 3.54. The second kappa shape index (κ2) is 8.95. The molecule has 8 nitrogen and oxygen atoms in total. The number of nitrogens with zero attached hydrogens (tertiary/aromatic N) is 1. The minimum atomic E-state index is -0.901. The fourth-order valence-electron chi connectivity index (χ4n) is 2.84. The van der Waals surface area contributed by atoms with E-state index in [1.165, 1.54) is 18.6 Å². The van der Waals surface area contributed by atoms with E-state index in [1.807, 2.05) is 30.3 Å². The fraction of sp³-hybridized carbons (Fsp3) is 0.136. The van der Waals surface area contributed by atoms with Crippen molar-refractivity contribution in [1.82, 2.24) is 10.5 Å². The molecule has 1 aromatic carbocycles. The van der Waals surface area contributed by atoms with Crippen molar-refractivity contribution in [2.75, 3.05) is 0 Å². The lowest BCUT2D eigenvalue weighted by Crippen LogP contribution is -2.43.